The molecule has 0 radical (unpaired) electrons. The van der Waals surface area contributed by atoms with E-state index in [1.54, 1.807) is 6.92 Å². The van der Waals surface area contributed by atoms with Crippen LogP contribution in [-0.4, -0.2) is 11.5 Å². The molecule has 1 aromatic rings. The van der Waals surface area contributed by atoms with E-state index in [2.05, 4.69) is 6.58 Å². The Kier molecular flexibility index (Phi) is 3.38. The number of nitro benzene ring substituents is 1. The fourth-order valence-corrected chi connectivity index (χ4v) is 0.955. The number of hydrogen-bond acceptors (Lipinski definition) is 3. The predicted octanol–water partition coefficient (Wildman–Crippen LogP) is 2.69. The van der Waals surface area contributed by atoms with Crippen LogP contribution in [0.2, 0.25) is 0 Å². The maximum Gasteiger partial charge on any atom is 0.311 e. The topological polar surface area (TPSA) is 52.4 Å². The highest BCUT2D eigenvalue weighted by Gasteiger charge is 2.15. The standard InChI is InChI=1S/C10H10FNO3/c1-7(2)6-15-10-5-8(11)3-4-9(10)12(13)14/h3-5H,1,6H2,2H3. The Morgan fingerprint density at radius 3 is 2.87 bits per heavy atom. The van der Waals surface area contributed by atoms with Gasteiger partial charge in [0.15, 0.2) is 5.75 Å². The van der Waals surface area contributed by atoms with Gasteiger partial charge < -0.3 is 4.74 Å². The Morgan fingerprint density at radius 2 is 2.33 bits per heavy atom. The Balaban J connectivity index is 2.96. The van der Waals surface area contributed by atoms with Crippen molar-refractivity contribution >= 4 is 5.69 Å². The number of hydrogen-bond donors (Lipinski definition) is 0. The normalized spacial score (nSPS) is 9.73. The molecule has 0 aromatic heterocycles. The second-order valence-electron chi connectivity index (χ2n) is 3.11. The summed E-state index contributed by atoms with van der Waals surface area (Å²) < 4.78 is 17.9. The van der Waals surface area contributed by atoms with Gasteiger partial charge in [0.05, 0.1) is 4.92 Å². The smallest absolute Gasteiger partial charge is 0.311 e. The number of benzene rings is 1. The minimum atomic E-state index is -0.618. The molecular weight excluding hydrogens is 201 g/mol. The van der Waals surface area contributed by atoms with Crippen LogP contribution in [-0.2, 0) is 0 Å². The number of nitrogens with zero attached hydrogens (tertiary/aromatic N) is 1. The Bertz CT molecular complexity index is 404. The highest BCUT2D eigenvalue weighted by atomic mass is 19.1. The van der Waals surface area contributed by atoms with Crippen LogP contribution in [0.3, 0.4) is 0 Å². The average molecular weight is 211 g/mol. The fraction of sp³-hybridized carbons (Fsp3) is 0.200. The first-order valence-corrected chi connectivity index (χ1v) is 4.22. The van der Waals surface area contributed by atoms with Gasteiger partial charge in [-0.3, -0.25) is 10.1 Å². The zero-order valence-corrected chi connectivity index (χ0v) is 8.20. The molecule has 0 bridgehead atoms. The van der Waals surface area contributed by atoms with Gasteiger partial charge >= 0.3 is 5.69 Å². The summed E-state index contributed by atoms with van der Waals surface area (Å²) in [6.07, 6.45) is 0. The van der Waals surface area contributed by atoms with Crippen LogP contribution in [0.15, 0.2) is 30.4 Å². The molecule has 0 N–H and O–H groups in total. The van der Waals surface area contributed by atoms with Gasteiger partial charge in [0.1, 0.15) is 12.4 Å². The van der Waals surface area contributed by atoms with E-state index in [0.717, 1.165) is 18.2 Å². The SMILES string of the molecule is C=C(C)COc1cc(F)ccc1[N+](=O)[O-]. The lowest BCUT2D eigenvalue weighted by Gasteiger charge is -2.05. The first kappa shape index (κ1) is 11.2. The van der Waals surface area contributed by atoms with Crippen molar-refractivity contribution in [2.75, 3.05) is 6.61 Å². The summed E-state index contributed by atoms with van der Waals surface area (Å²) in [6.45, 7) is 5.42. The van der Waals surface area contributed by atoms with Crippen molar-refractivity contribution in [3.8, 4) is 5.75 Å². The highest BCUT2D eigenvalue weighted by Crippen LogP contribution is 2.27. The second-order valence-corrected chi connectivity index (χ2v) is 3.11. The van der Waals surface area contributed by atoms with Crippen LogP contribution in [0, 0.1) is 15.9 Å². The first-order chi connectivity index (χ1) is 7.00. The van der Waals surface area contributed by atoms with E-state index in [4.69, 9.17) is 4.74 Å². The molecule has 80 valence electrons. The van der Waals surface area contributed by atoms with Gasteiger partial charge in [0.2, 0.25) is 0 Å². The van der Waals surface area contributed by atoms with Crippen LogP contribution in [0.25, 0.3) is 0 Å². The van der Waals surface area contributed by atoms with Crippen LogP contribution >= 0.6 is 0 Å². The molecule has 1 aromatic carbocycles. The molecule has 0 aliphatic carbocycles. The predicted molar refractivity (Wildman–Crippen MR) is 53.4 cm³/mol. The van der Waals surface area contributed by atoms with Gasteiger partial charge in [-0.15, -0.1) is 0 Å². The van der Waals surface area contributed by atoms with Crippen LogP contribution in [0.1, 0.15) is 6.92 Å². The lowest BCUT2D eigenvalue weighted by atomic mass is 10.3. The third-order valence-electron chi connectivity index (χ3n) is 1.59. The lowest BCUT2D eigenvalue weighted by molar-refractivity contribution is -0.385. The summed E-state index contributed by atoms with van der Waals surface area (Å²) in [7, 11) is 0. The van der Waals surface area contributed by atoms with Gasteiger partial charge in [-0.1, -0.05) is 6.58 Å². The summed E-state index contributed by atoms with van der Waals surface area (Å²) in [5, 5.41) is 10.6. The molecule has 0 heterocycles. The number of ether oxygens (including phenoxy) is 1. The fourth-order valence-electron chi connectivity index (χ4n) is 0.955. The van der Waals surface area contributed by atoms with Crippen LogP contribution in [0.5, 0.6) is 5.75 Å². The molecule has 0 fully saturated rings. The Labute approximate surface area is 86.1 Å². The van der Waals surface area contributed by atoms with Crippen molar-refractivity contribution in [3.05, 3.63) is 46.3 Å². The average Bonchev–Trinajstić information content (AvgIpc) is 2.14. The summed E-state index contributed by atoms with van der Waals surface area (Å²) in [5.41, 5.74) is 0.450. The number of halogens is 1. The van der Waals surface area contributed by atoms with Crippen molar-refractivity contribution < 1.29 is 14.1 Å². The van der Waals surface area contributed by atoms with E-state index in [9.17, 15) is 14.5 Å². The van der Waals surface area contributed by atoms with Gasteiger partial charge in [0.25, 0.3) is 0 Å². The van der Waals surface area contributed by atoms with E-state index in [-0.39, 0.29) is 18.0 Å². The molecule has 0 aliphatic rings. The zero-order chi connectivity index (χ0) is 11.4. The maximum absolute atomic E-state index is 12.8. The number of nitro groups is 1. The molecule has 15 heavy (non-hydrogen) atoms. The maximum atomic E-state index is 12.8. The molecule has 5 heteroatoms. The largest absolute Gasteiger partial charge is 0.482 e. The Morgan fingerprint density at radius 1 is 1.67 bits per heavy atom. The summed E-state index contributed by atoms with van der Waals surface area (Å²) >= 11 is 0. The van der Waals surface area contributed by atoms with Gasteiger partial charge in [-0.05, 0) is 18.6 Å². The molecular formula is C10H10FNO3. The van der Waals surface area contributed by atoms with E-state index in [0.29, 0.717) is 5.57 Å². The third-order valence-corrected chi connectivity index (χ3v) is 1.59. The van der Waals surface area contributed by atoms with E-state index < -0.39 is 10.7 Å². The Hall–Kier alpha value is -1.91. The lowest BCUT2D eigenvalue weighted by Crippen LogP contribution is -2.01. The van der Waals surface area contributed by atoms with E-state index in [1.807, 2.05) is 0 Å². The summed E-state index contributed by atoms with van der Waals surface area (Å²) in [5.74, 6) is -0.652. The monoisotopic (exact) mass is 211 g/mol. The summed E-state index contributed by atoms with van der Waals surface area (Å²) in [4.78, 5) is 9.94. The molecule has 0 spiro atoms. The van der Waals surface area contributed by atoms with Gasteiger partial charge in [-0.2, -0.15) is 0 Å². The molecule has 1 rings (SSSR count). The van der Waals surface area contributed by atoms with E-state index in [1.165, 1.54) is 0 Å². The molecule has 0 atom stereocenters. The van der Waals surface area contributed by atoms with Crippen molar-refractivity contribution in [1.29, 1.82) is 0 Å². The molecule has 0 aliphatic heterocycles. The quantitative estimate of drug-likeness (QED) is 0.437. The van der Waals surface area contributed by atoms with Crippen molar-refractivity contribution in [1.82, 2.24) is 0 Å². The number of rotatable bonds is 4. The van der Waals surface area contributed by atoms with E-state index >= 15 is 0 Å². The minimum Gasteiger partial charge on any atom is -0.482 e. The van der Waals surface area contributed by atoms with Gasteiger partial charge in [0, 0.05) is 12.1 Å². The molecule has 0 unspecified atom stereocenters. The van der Waals surface area contributed by atoms with Crippen LogP contribution in [0.4, 0.5) is 10.1 Å². The van der Waals surface area contributed by atoms with Crippen molar-refractivity contribution in [2.24, 2.45) is 0 Å². The molecule has 4 nitrogen and oxygen atoms in total. The highest BCUT2D eigenvalue weighted by molar-refractivity contribution is 5.46. The van der Waals surface area contributed by atoms with Crippen LogP contribution < -0.4 is 4.74 Å². The first-order valence-electron chi connectivity index (χ1n) is 4.22. The molecule has 0 saturated carbocycles. The molecule has 0 saturated heterocycles. The second kappa shape index (κ2) is 4.54. The zero-order valence-electron chi connectivity index (χ0n) is 8.20. The molecule has 0 amide bonds. The van der Waals surface area contributed by atoms with Crippen molar-refractivity contribution in [3.63, 3.8) is 0 Å². The third kappa shape index (κ3) is 3.05. The van der Waals surface area contributed by atoms with Gasteiger partial charge in [-0.25, -0.2) is 4.39 Å². The summed E-state index contributed by atoms with van der Waals surface area (Å²) in [6, 6.07) is 3.08. The van der Waals surface area contributed by atoms with Crippen molar-refractivity contribution in [2.45, 2.75) is 6.92 Å². The minimum absolute atomic E-state index is 0.0806.